The van der Waals surface area contributed by atoms with Gasteiger partial charge in [-0.25, -0.2) is 0 Å². The van der Waals surface area contributed by atoms with E-state index in [4.69, 9.17) is 9.47 Å². The molecule has 1 aromatic carbocycles. The first-order valence-corrected chi connectivity index (χ1v) is 7.57. The number of rotatable bonds is 4. The van der Waals surface area contributed by atoms with Crippen molar-refractivity contribution >= 4 is 18.5 Å². The summed E-state index contributed by atoms with van der Waals surface area (Å²) in [5, 5.41) is 0. The molecule has 1 amide bonds. The zero-order chi connectivity index (χ0) is 18.8. The lowest BCUT2D eigenvalue weighted by atomic mass is 10.1. The third-order valence-electron chi connectivity index (χ3n) is 3.36. The number of benzene rings is 1. The lowest BCUT2D eigenvalue weighted by molar-refractivity contribution is -0.199. The van der Waals surface area contributed by atoms with Gasteiger partial charge in [0.05, 0.1) is 30.2 Å². The van der Waals surface area contributed by atoms with E-state index >= 15 is 0 Å². The zero-order valence-electron chi connectivity index (χ0n) is 12.5. The smallest absolute Gasteiger partial charge is 0.343 e. The number of hydrogen-bond acceptors (Lipinski definition) is 4. The van der Waals surface area contributed by atoms with Crippen molar-refractivity contribution < 1.29 is 40.6 Å². The Bertz CT molecular complexity index is 602. The Kier molecular flexibility index (Phi) is 5.89. The van der Waals surface area contributed by atoms with Gasteiger partial charge in [0.2, 0.25) is 6.29 Å². The Morgan fingerprint density at radius 3 is 2.16 bits per heavy atom. The van der Waals surface area contributed by atoms with Gasteiger partial charge >= 0.3 is 12.4 Å². The number of morpholine rings is 1. The first-order valence-electron chi connectivity index (χ1n) is 6.93. The molecule has 0 N–H and O–H groups in total. The number of carbonyl (C=O) groups is 1. The molecule has 1 saturated heterocycles. The van der Waals surface area contributed by atoms with Crippen LogP contribution in [0.3, 0.4) is 0 Å². The first kappa shape index (κ1) is 19.9. The van der Waals surface area contributed by atoms with Crippen LogP contribution in [0, 0.1) is 0 Å². The van der Waals surface area contributed by atoms with E-state index in [1.807, 2.05) is 0 Å². The molecule has 4 nitrogen and oxygen atoms in total. The third kappa shape index (κ3) is 5.02. The molecule has 11 heteroatoms. The normalized spacial score (nSPS) is 19.4. The van der Waals surface area contributed by atoms with Crippen LogP contribution < -0.4 is 0 Å². The molecule has 25 heavy (non-hydrogen) atoms. The Balaban J connectivity index is 2.20. The van der Waals surface area contributed by atoms with Gasteiger partial charge in [-0.2, -0.15) is 39.0 Å². The predicted octanol–water partition coefficient (Wildman–Crippen LogP) is 3.31. The highest BCUT2D eigenvalue weighted by molar-refractivity contribution is 7.80. The van der Waals surface area contributed by atoms with Gasteiger partial charge in [0, 0.05) is 6.54 Å². The summed E-state index contributed by atoms with van der Waals surface area (Å²) in [6.07, 6.45) is -11.3. The highest BCUT2D eigenvalue weighted by atomic mass is 32.1. The van der Waals surface area contributed by atoms with Crippen LogP contribution in [0.25, 0.3) is 0 Å². The lowest BCUT2D eigenvalue weighted by Crippen LogP contribution is -2.48. The summed E-state index contributed by atoms with van der Waals surface area (Å²) in [4.78, 5) is 13.2. The summed E-state index contributed by atoms with van der Waals surface area (Å²) < 4.78 is 86.8. The lowest BCUT2D eigenvalue weighted by Gasteiger charge is -2.30. The standard InChI is InChI=1S/C14H13F6NO3S/c15-13(16,17)9-3-8(4-10(5-9)14(18,19)20)6-24-12-11(22)21(7-25)1-2-23-12/h3-5,12,25H,1-2,6-7H2/t12-/m1/s1. The molecular formula is C14H13F6NO3S. The summed E-state index contributed by atoms with van der Waals surface area (Å²) in [6.45, 7) is -0.263. The molecule has 0 radical (unpaired) electrons. The fourth-order valence-corrected chi connectivity index (χ4v) is 2.42. The van der Waals surface area contributed by atoms with Crippen molar-refractivity contribution in [2.24, 2.45) is 0 Å². The van der Waals surface area contributed by atoms with Crippen LogP contribution in [0.1, 0.15) is 16.7 Å². The Morgan fingerprint density at radius 2 is 1.68 bits per heavy atom. The third-order valence-corrected chi connectivity index (χ3v) is 3.70. The molecule has 1 aliphatic heterocycles. The Morgan fingerprint density at radius 1 is 1.12 bits per heavy atom. The maximum Gasteiger partial charge on any atom is 0.416 e. The largest absolute Gasteiger partial charge is 0.416 e. The van der Waals surface area contributed by atoms with Gasteiger partial charge in [-0.1, -0.05) is 0 Å². The minimum Gasteiger partial charge on any atom is -0.343 e. The number of thiol groups is 1. The van der Waals surface area contributed by atoms with Crippen molar-refractivity contribution in [3.8, 4) is 0 Å². The number of nitrogens with zero attached hydrogens (tertiary/aromatic N) is 1. The Hall–Kier alpha value is -1.46. The molecule has 1 heterocycles. The SMILES string of the molecule is O=C1[C@@H](OCc2cc(C(F)(F)F)cc(C(F)(F)F)c2)OCCN1CS. The average Bonchev–Trinajstić information content (AvgIpc) is 2.52. The summed E-state index contributed by atoms with van der Waals surface area (Å²) >= 11 is 3.94. The van der Waals surface area contributed by atoms with Crippen LogP contribution in [-0.4, -0.2) is 36.1 Å². The molecule has 1 aromatic rings. The quantitative estimate of drug-likeness (QED) is 0.635. The molecule has 0 bridgehead atoms. The molecule has 0 aromatic heterocycles. The second-order valence-corrected chi connectivity index (χ2v) is 5.45. The van der Waals surface area contributed by atoms with E-state index in [1.165, 1.54) is 4.90 Å². The van der Waals surface area contributed by atoms with Crippen molar-refractivity contribution in [2.75, 3.05) is 19.0 Å². The van der Waals surface area contributed by atoms with Gasteiger partial charge in [0.1, 0.15) is 0 Å². The molecule has 0 aliphatic carbocycles. The number of hydrogen-bond donors (Lipinski definition) is 1. The molecular weight excluding hydrogens is 376 g/mol. The van der Waals surface area contributed by atoms with E-state index in [1.54, 1.807) is 0 Å². The van der Waals surface area contributed by atoms with Crippen LogP contribution >= 0.6 is 12.6 Å². The number of alkyl halides is 6. The minimum atomic E-state index is -4.95. The van der Waals surface area contributed by atoms with Crippen LogP contribution in [0.2, 0.25) is 0 Å². The van der Waals surface area contributed by atoms with Crippen LogP contribution in [0.15, 0.2) is 18.2 Å². The van der Waals surface area contributed by atoms with Crippen molar-refractivity contribution in [3.63, 3.8) is 0 Å². The van der Waals surface area contributed by atoms with Gasteiger partial charge in [-0.3, -0.25) is 4.79 Å². The molecule has 1 aliphatic rings. The molecule has 0 spiro atoms. The topological polar surface area (TPSA) is 38.8 Å². The monoisotopic (exact) mass is 389 g/mol. The van der Waals surface area contributed by atoms with Gasteiger partial charge < -0.3 is 14.4 Å². The van der Waals surface area contributed by atoms with E-state index in [-0.39, 0.29) is 30.7 Å². The second kappa shape index (κ2) is 7.42. The van der Waals surface area contributed by atoms with Crippen molar-refractivity contribution in [3.05, 3.63) is 34.9 Å². The van der Waals surface area contributed by atoms with E-state index in [9.17, 15) is 31.1 Å². The first-order chi connectivity index (χ1) is 11.5. The molecule has 0 unspecified atom stereocenters. The number of carbonyl (C=O) groups excluding carboxylic acids is 1. The van der Waals surface area contributed by atoms with Gasteiger partial charge in [0.25, 0.3) is 5.91 Å². The van der Waals surface area contributed by atoms with Gasteiger partial charge in [0.15, 0.2) is 0 Å². The van der Waals surface area contributed by atoms with E-state index < -0.39 is 42.3 Å². The van der Waals surface area contributed by atoms with Crippen molar-refractivity contribution in [1.82, 2.24) is 4.90 Å². The molecule has 140 valence electrons. The summed E-state index contributed by atoms with van der Waals surface area (Å²) in [5.74, 6) is -0.506. The van der Waals surface area contributed by atoms with Crippen LogP contribution in [0.4, 0.5) is 26.3 Å². The average molecular weight is 389 g/mol. The highest BCUT2D eigenvalue weighted by Gasteiger charge is 2.37. The Labute approximate surface area is 144 Å². The van der Waals surface area contributed by atoms with Crippen LogP contribution in [-0.2, 0) is 33.2 Å². The minimum absolute atomic E-state index is 0.0222. The summed E-state index contributed by atoms with van der Waals surface area (Å²) in [6, 6.07) is 1.10. The fraction of sp³-hybridized carbons (Fsp3) is 0.500. The number of amides is 1. The maximum absolute atomic E-state index is 12.8. The van der Waals surface area contributed by atoms with Crippen LogP contribution in [0.5, 0.6) is 0 Å². The fourth-order valence-electron chi connectivity index (χ4n) is 2.13. The highest BCUT2D eigenvalue weighted by Crippen LogP contribution is 2.36. The maximum atomic E-state index is 12.8. The molecule has 2 rings (SSSR count). The molecule has 1 fully saturated rings. The molecule has 1 atom stereocenters. The van der Waals surface area contributed by atoms with Gasteiger partial charge in [-0.15, -0.1) is 0 Å². The van der Waals surface area contributed by atoms with Crippen molar-refractivity contribution in [2.45, 2.75) is 25.2 Å². The predicted molar refractivity (Wildman–Crippen MR) is 76.5 cm³/mol. The molecule has 0 saturated carbocycles. The summed E-state index contributed by atoms with van der Waals surface area (Å²) in [5.41, 5.74) is -3.27. The summed E-state index contributed by atoms with van der Waals surface area (Å²) in [7, 11) is 0. The zero-order valence-corrected chi connectivity index (χ0v) is 13.4. The number of halogens is 6. The van der Waals surface area contributed by atoms with Gasteiger partial charge in [-0.05, 0) is 23.8 Å². The van der Waals surface area contributed by atoms with E-state index in [0.717, 1.165) is 0 Å². The second-order valence-electron chi connectivity index (χ2n) is 5.17. The van der Waals surface area contributed by atoms with E-state index in [0.29, 0.717) is 12.1 Å². The number of ether oxygens (including phenoxy) is 2. The van der Waals surface area contributed by atoms with Crippen molar-refractivity contribution in [1.29, 1.82) is 0 Å². The van der Waals surface area contributed by atoms with E-state index in [2.05, 4.69) is 12.6 Å².